The van der Waals surface area contributed by atoms with E-state index >= 15 is 0 Å². The van der Waals surface area contributed by atoms with E-state index in [0.717, 1.165) is 135 Å². The molecule has 0 aliphatic carbocycles. The summed E-state index contributed by atoms with van der Waals surface area (Å²) in [6, 6.07) is 75.2. The fourth-order valence-electron chi connectivity index (χ4n) is 10.1. The van der Waals surface area contributed by atoms with E-state index in [1.54, 1.807) is 42.7 Å². The van der Waals surface area contributed by atoms with Crippen molar-refractivity contribution in [2.75, 3.05) is 42.7 Å². The van der Waals surface area contributed by atoms with Gasteiger partial charge in [-0.2, -0.15) is 0 Å². The van der Waals surface area contributed by atoms with Crippen LogP contribution in [0.4, 0.5) is 0 Å². The van der Waals surface area contributed by atoms with Crippen LogP contribution in [0.5, 0.6) is 34.5 Å². The molecular weight excluding hydrogens is 889 g/mol. The van der Waals surface area contributed by atoms with Crippen LogP contribution in [0, 0.1) is 0 Å². The molecular formula is C66H54O6. The van der Waals surface area contributed by atoms with Gasteiger partial charge in [0.05, 0.1) is 42.7 Å². The van der Waals surface area contributed by atoms with Crippen LogP contribution in [0.15, 0.2) is 218 Å². The number of rotatable bonds is 15. The van der Waals surface area contributed by atoms with Gasteiger partial charge in [-0.1, -0.05) is 218 Å². The lowest BCUT2D eigenvalue weighted by Gasteiger charge is -2.19. The average Bonchev–Trinajstić information content (AvgIpc) is 3.46. The van der Waals surface area contributed by atoms with Crippen LogP contribution in [-0.4, -0.2) is 42.7 Å². The Morgan fingerprint density at radius 3 is 0.472 bits per heavy atom. The highest BCUT2D eigenvalue weighted by Crippen LogP contribution is 2.50. The zero-order valence-electron chi connectivity index (χ0n) is 41.2. The second-order valence-electron chi connectivity index (χ2n) is 17.2. The number of methoxy groups -OCH3 is 6. The van der Waals surface area contributed by atoms with Crippen molar-refractivity contribution in [1.82, 2.24) is 0 Å². The number of ether oxygens (including phenoxy) is 6. The third-order valence-corrected chi connectivity index (χ3v) is 13.4. The van der Waals surface area contributed by atoms with Gasteiger partial charge in [0.1, 0.15) is 34.5 Å². The Balaban J connectivity index is 0.959. The molecule has 0 fully saturated rings. The van der Waals surface area contributed by atoms with Crippen molar-refractivity contribution in [3.8, 4) is 135 Å². The minimum atomic E-state index is 0.749. The van der Waals surface area contributed by atoms with Gasteiger partial charge in [-0.05, 0) is 33.4 Å². The van der Waals surface area contributed by atoms with Gasteiger partial charge in [0.2, 0.25) is 0 Å². The molecule has 10 rings (SSSR count). The molecule has 0 amide bonds. The Hall–Kier alpha value is -9.00. The van der Waals surface area contributed by atoms with Crippen LogP contribution >= 0.6 is 0 Å². The molecule has 0 spiro atoms. The monoisotopic (exact) mass is 942 g/mol. The fraction of sp³-hybridized carbons (Fsp3) is 0.0909. The summed E-state index contributed by atoms with van der Waals surface area (Å²) in [4.78, 5) is 0. The van der Waals surface area contributed by atoms with E-state index in [1.165, 1.54) is 0 Å². The largest absolute Gasteiger partial charge is 0.495 e. The molecule has 6 heteroatoms. The summed E-state index contributed by atoms with van der Waals surface area (Å²) in [5, 5.41) is 0. The molecule has 0 radical (unpaired) electrons. The summed E-state index contributed by atoms with van der Waals surface area (Å²) in [6.45, 7) is 0. The van der Waals surface area contributed by atoms with Crippen molar-refractivity contribution in [2.45, 2.75) is 0 Å². The molecule has 0 unspecified atom stereocenters. The smallest absolute Gasteiger partial charge is 0.134 e. The van der Waals surface area contributed by atoms with E-state index < -0.39 is 0 Å². The second-order valence-corrected chi connectivity index (χ2v) is 17.2. The van der Waals surface area contributed by atoms with Crippen LogP contribution in [0.3, 0.4) is 0 Å². The van der Waals surface area contributed by atoms with Crippen molar-refractivity contribution < 1.29 is 28.4 Å². The Bertz CT molecular complexity index is 3270. The minimum Gasteiger partial charge on any atom is -0.495 e. The Morgan fingerprint density at radius 2 is 0.306 bits per heavy atom. The number of hydrogen-bond acceptors (Lipinski definition) is 6. The lowest BCUT2D eigenvalue weighted by molar-refractivity contribution is 0.412. The quantitative estimate of drug-likeness (QED) is 0.102. The summed E-state index contributed by atoms with van der Waals surface area (Å²) < 4.78 is 37.1. The molecule has 0 aliphatic rings. The fourth-order valence-corrected chi connectivity index (χ4v) is 10.1. The first-order valence-electron chi connectivity index (χ1n) is 23.9. The minimum absolute atomic E-state index is 0.749. The van der Waals surface area contributed by atoms with Crippen molar-refractivity contribution in [2.24, 2.45) is 0 Å². The van der Waals surface area contributed by atoms with E-state index in [-0.39, 0.29) is 0 Å². The third kappa shape index (κ3) is 8.69. The first-order chi connectivity index (χ1) is 35.5. The van der Waals surface area contributed by atoms with Crippen molar-refractivity contribution >= 4 is 0 Å². The van der Waals surface area contributed by atoms with Gasteiger partial charge in [0.15, 0.2) is 0 Å². The van der Waals surface area contributed by atoms with Crippen LogP contribution in [0.1, 0.15) is 0 Å². The molecule has 0 atom stereocenters. The predicted octanol–water partition coefficient (Wildman–Crippen LogP) is 16.7. The van der Waals surface area contributed by atoms with Crippen molar-refractivity contribution in [3.05, 3.63) is 218 Å². The van der Waals surface area contributed by atoms with Crippen LogP contribution in [-0.2, 0) is 0 Å². The third-order valence-electron chi connectivity index (χ3n) is 13.4. The van der Waals surface area contributed by atoms with Gasteiger partial charge in [-0.3, -0.25) is 0 Å². The molecule has 6 nitrogen and oxygen atoms in total. The maximum Gasteiger partial charge on any atom is 0.134 e. The molecule has 10 aromatic carbocycles. The molecule has 0 bridgehead atoms. The molecule has 0 saturated carbocycles. The van der Waals surface area contributed by atoms with Gasteiger partial charge in [0, 0.05) is 66.8 Å². The molecule has 0 N–H and O–H groups in total. The Morgan fingerprint density at radius 1 is 0.153 bits per heavy atom. The normalized spacial score (nSPS) is 10.9. The van der Waals surface area contributed by atoms with Gasteiger partial charge in [-0.15, -0.1) is 0 Å². The number of hydrogen-bond donors (Lipinski definition) is 0. The van der Waals surface area contributed by atoms with Crippen LogP contribution in [0.2, 0.25) is 0 Å². The SMILES string of the molecule is COc1c(-c2ccccc2)cccc1-c1cccc(-c2ccc(-c3cccc(-c4cccc(-c5ccc(-c6cccc(-c7cccc(-c8ccccc8)c7OC)c6OC)cc5)c4OC)c3OC)cc2)c1OC. The average molecular weight is 943 g/mol. The summed E-state index contributed by atoms with van der Waals surface area (Å²) in [7, 11) is 10.3. The standard InChI is InChI=1S/C66H54O6/c1-67-61-49(43-19-9-7-10-20-43)23-13-29-55(61)57-31-15-25-51(63(57)69-3)45-35-39-47(40-36-45)53-27-17-33-59(65(53)71-5)60-34-18-28-54(66(60)72-6)48-41-37-46(38-42-48)52-26-16-32-58(64(52)70-4)56-30-14-24-50(62(56)68-2)44-21-11-8-12-22-44/h7-42H,1-6H3. The number of benzene rings is 10. The molecule has 0 aromatic heterocycles. The highest BCUT2D eigenvalue weighted by molar-refractivity contribution is 5.93. The highest BCUT2D eigenvalue weighted by atomic mass is 16.5. The molecule has 72 heavy (non-hydrogen) atoms. The van der Waals surface area contributed by atoms with Gasteiger partial charge < -0.3 is 28.4 Å². The van der Waals surface area contributed by atoms with Crippen molar-refractivity contribution in [1.29, 1.82) is 0 Å². The Labute approximate surface area is 422 Å². The maximum absolute atomic E-state index is 6.27. The highest BCUT2D eigenvalue weighted by Gasteiger charge is 2.23. The first-order valence-corrected chi connectivity index (χ1v) is 23.9. The van der Waals surface area contributed by atoms with E-state index in [9.17, 15) is 0 Å². The lowest BCUT2D eigenvalue weighted by atomic mass is 9.91. The lowest BCUT2D eigenvalue weighted by Crippen LogP contribution is -1.97. The summed E-state index contributed by atoms with van der Waals surface area (Å²) in [5.41, 5.74) is 17.8. The van der Waals surface area contributed by atoms with E-state index in [2.05, 4.69) is 182 Å². The predicted molar refractivity (Wildman–Crippen MR) is 295 cm³/mol. The zero-order valence-corrected chi connectivity index (χ0v) is 41.2. The van der Waals surface area contributed by atoms with E-state index in [4.69, 9.17) is 28.4 Å². The topological polar surface area (TPSA) is 55.4 Å². The molecule has 0 heterocycles. The first kappa shape index (κ1) is 46.7. The molecule has 354 valence electrons. The number of para-hydroxylation sites is 6. The zero-order chi connectivity index (χ0) is 49.6. The van der Waals surface area contributed by atoms with Gasteiger partial charge >= 0.3 is 0 Å². The molecule has 0 aliphatic heterocycles. The molecule has 10 aromatic rings. The van der Waals surface area contributed by atoms with E-state index in [0.29, 0.717) is 0 Å². The maximum atomic E-state index is 6.27. The summed E-state index contributed by atoms with van der Waals surface area (Å²) >= 11 is 0. The summed E-state index contributed by atoms with van der Waals surface area (Å²) in [6.07, 6.45) is 0. The van der Waals surface area contributed by atoms with E-state index in [1.807, 2.05) is 36.4 Å². The van der Waals surface area contributed by atoms with Gasteiger partial charge in [0.25, 0.3) is 0 Å². The van der Waals surface area contributed by atoms with Crippen molar-refractivity contribution in [3.63, 3.8) is 0 Å². The molecule has 0 saturated heterocycles. The Kier molecular flexibility index (Phi) is 13.6. The van der Waals surface area contributed by atoms with Crippen LogP contribution < -0.4 is 28.4 Å². The second kappa shape index (κ2) is 20.9. The van der Waals surface area contributed by atoms with Gasteiger partial charge in [-0.25, -0.2) is 0 Å². The van der Waals surface area contributed by atoms with Crippen LogP contribution in [0.25, 0.3) is 100 Å². The summed E-state index contributed by atoms with van der Waals surface area (Å²) in [5.74, 6) is 4.63.